The first kappa shape index (κ1) is 23.9. The van der Waals surface area contributed by atoms with Gasteiger partial charge in [-0.25, -0.2) is 9.97 Å². The van der Waals surface area contributed by atoms with E-state index in [4.69, 9.17) is 26.7 Å². The molecule has 0 saturated carbocycles. The number of hydrogen-bond donors (Lipinski definition) is 2. The zero-order chi connectivity index (χ0) is 25.1. The van der Waals surface area contributed by atoms with Crippen LogP contribution in [0.3, 0.4) is 0 Å². The van der Waals surface area contributed by atoms with Gasteiger partial charge in [0, 0.05) is 22.6 Å². The van der Waals surface area contributed by atoms with Crippen molar-refractivity contribution in [1.82, 2.24) is 15.3 Å². The van der Waals surface area contributed by atoms with Gasteiger partial charge in [-0.15, -0.1) is 0 Å². The fourth-order valence-corrected chi connectivity index (χ4v) is 4.89. The summed E-state index contributed by atoms with van der Waals surface area (Å²) < 4.78 is 0. The van der Waals surface area contributed by atoms with Gasteiger partial charge < -0.3 is 10.4 Å². The summed E-state index contributed by atoms with van der Waals surface area (Å²) in [4.78, 5) is 33.8. The Balaban J connectivity index is 1.43. The van der Waals surface area contributed by atoms with Crippen molar-refractivity contribution in [3.05, 3.63) is 94.1 Å². The number of nitrogens with zero attached hydrogens (tertiary/aromatic N) is 2. The minimum Gasteiger partial charge on any atom is -0.481 e. The average Bonchev–Trinajstić information content (AvgIpc) is 3.29. The summed E-state index contributed by atoms with van der Waals surface area (Å²) >= 11 is 6.07. The zero-order valence-corrected chi connectivity index (χ0v) is 20.5. The lowest BCUT2D eigenvalue weighted by atomic mass is 10.0. The van der Waals surface area contributed by atoms with Crippen LogP contribution in [-0.2, 0) is 17.6 Å². The summed E-state index contributed by atoms with van der Waals surface area (Å²) in [6.45, 7) is 0. The van der Waals surface area contributed by atoms with Crippen molar-refractivity contribution in [1.29, 1.82) is 0 Å². The first-order chi connectivity index (χ1) is 17.5. The molecule has 36 heavy (non-hydrogen) atoms. The number of unbranched alkanes of at least 4 members (excludes halogenated alkanes) is 1. The van der Waals surface area contributed by atoms with Crippen LogP contribution in [-0.4, -0.2) is 27.0 Å². The summed E-state index contributed by atoms with van der Waals surface area (Å²) in [7, 11) is 0. The summed E-state index contributed by atoms with van der Waals surface area (Å²) in [6.07, 6.45) is 3.79. The number of carboxylic acids is 1. The van der Waals surface area contributed by atoms with Crippen LogP contribution in [0.2, 0.25) is 5.02 Å². The molecular weight excluding hydrogens is 474 g/mol. The Morgan fingerprint density at radius 3 is 2.58 bits per heavy atom. The number of aromatic nitrogens is 2. The second-order valence-corrected chi connectivity index (χ2v) is 9.53. The molecule has 182 valence electrons. The van der Waals surface area contributed by atoms with Crippen LogP contribution in [0.5, 0.6) is 0 Å². The Hall–Kier alpha value is -3.77. The highest BCUT2D eigenvalue weighted by Crippen LogP contribution is 2.31. The summed E-state index contributed by atoms with van der Waals surface area (Å²) in [6, 6.07) is 21.1. The molecule has 0 spiro atoms. The molecule has 1 aliphatic rings. The molecule has 1 heterocycles. The van der Waals surface area contributed by atoms with Gasteiger partial charge in [0.15, 0.2) is 0 Å². The van der Waals surface area contributed by atoms with Crippen LogP contribution in [0.4, 0.5) is 0 Å². The number of carbonyl (C=O) groups is 2. The van der Waals surface area contributed by atoms with Gasteiger partial charge in [0.1, 0.15) is 0 Å². The van der Waals surface area contributed by atoms with Crippen molar-refractivity contribution in [2.75, 3.05) is 0 Å². The minimum atomic E-state index is -0.807. The molecular formula is C29H26ClN3O3. The number of fused-ring (bicyclic) bond motifs is 2. The van der Waals surface area contributed by atoms with Gasteiger partial charge in [-0.05, 0) is 73.6 Å². The Kier molecular flexibility index (Phi) is 6.96. The maximum atomic E-state index is 13.1. The van der Waals surface area contributed by atoms with Crippen molar-refractivity contribution in [3.63, 3.8) is 0 Å². The van der Waals surface area contributed by atoms with Crippen molar-refractivity contribution in [2.45, 2.75) is 44.6 Å². The largest absolute Gasteiger partial charge is 0.481 e. The highest BCUT2D eigenvalue weighted by molar-refractivity contribution is 6.30. The summed E-state index contributed by atoms with van der Waals surface area (Å²) in [5.41, 5.74) is 6.75. The molecule has 1 atom stereocenters. The van der Waals surface area contributed by atoms with E-state index in [9.17, 15) is 9.59 Å². The van der Waals surface area contributed by atoms with Crippen molar-refractivity contribution in [2.24, 2.45) is 0 Å². The molecule has 1 aliphatic carbocycles. The number of nitrogens with one attached hydrogen (secondary N) is 1. The third-order valence-electron chi connectivity index (χ3n) is 6.61. The Morgan fingerprint density at radius 1 is 0.972 bits per heavy atom. The SMILES string of the molecule is O=C(O)CCCCc1nc2cc(C(=O)N[C@H]3CCc4ccccc43)ccc2nc1-c1ccc(Cl)cc1. The minimum absolute atomic E-state index is 0.00700. The topological polar surface area (TPSA) is 92.2 Å². The van der Waals surface area contributed by atoms with E-state index < -0.39 is 5.97 Å². The number of halogens is 1. The van der Waals surface area contributed by atoms with Crippen LogP contribution in [0, 0.1) is 0 Å². The summed E-state index contributed by atoms with van der Waals surface area (Å²) in [5.74, 6) is -0.941. The molecule has 7 heteroatoms. The molecule has 1 aromatic heterocycles. The molecule has 3 aromatic carbocycles. The number of rotatable bonds is 8. The second-order valence-electron chi connectivity index (χ2n) is 9.09. The van der Waals surface area contributed by atoms with Gasteiger partial charge in [0.2, 0.25) is 0 Å². The molecule has 5 rings (SSSR count). The van der Waals surface area contributed by atoms with Gasteiger partial charge >= 0.3 is 5.97 Å². The quantitative estimate of drug-likeness (QED) is 0.283. The lowest BCUT2D eigenvalue weighted by Gasteiger charge is -2.15. The van der Waals surface area contributed by atoms with E-state index in [1.54, 1.807) is 12.1 Å². The number of aryl methyl sites for hydroxylation is 2. The number of carboxylic acid groups (broad SMARTS) is 1. The van der Waals surface area contributed by atoms with E-state index in [-0.39, 0.29) is 18.4 Å². The molecule has 2 N–H and O–H groups in total. The first-order valence-corrected chi connectivity index (χ1v) is 12.5. The molecule has 0 radical (unpaired) electrons. The zero-order valence-electron chi connectivity index (χ0n) is 19.7. The van der Waals surface area contributed by atoms with E-state index >= 15 is 0 Å². The maximum Gasteiger partial charge on any atom is 0.303 e. The average molecular weight is 500 g/mol. The highest BCUT2D eigenvalue weighted by Gasteiger charge is 2.24. The standard InChI is InChI=1S/C29H26ClN3O3/c30-21-13-9-19(10-14-21)28-25(7-3-4-8-27(34)35)31-26-17-20(12-16-24(26)32-28)29(36)33-23-15-11-18-5-1-2-6-22(18)23/h1-2,5-6,9-10,12-14,16-17,23H,3-4,7-8,11,15H2,(H,33,36)(H,34,35)/t23-/m0/s1. The lowest BCUT2D eigenvalue weighted by molar-refractivity contribution is -0.137. The highest BCUT2D eigenvalue weighted by atomic mass is 35.5. The molecule has 4 aromatic rings. The van der Waals surface area contributed by atoms with E-state index in [1.807, 2.05) is 42.5 Å². The monoisotopic (exact) mass is 499 g/mol. The predicted octanol–water partition coefficient (Wildman–Crippen LogP) is 6.16. The van der Waals surface area contributed by atoms with Crippen LogP contribution in [0.25, 0.3) is 22.3 Å². The molecule has 0 aliphatic heterocycles. The van der Waals surface area contributed by atoms with Gasteiger partial charge in [-0.1, -0.05) is 48.0 Å². The third-order valence-corrected chi connectivity index (χ3v) is 6.86. The Bertz CT molecular complexity index is 1440. The Morgan fingerprint density at radius 2 is 1.78 bits per heavy atom. The van der Waals surface area contributed by atoms with E-state index in [2.05, 4.69) is 17.4 Å². The molecule has 6 nitrogen and oxygen atoms in total. The molecule has 1 amide bonds. The number of hydrogen-bond acceptors (Lipinski definition) is 4. The molecule has 0 saturated heterocycles. The number of aliphatic carboxylic acids is 1. The number of carbonyl (C=O) groups excluding carboxylic acids is 1. The normalized spacial score (nSPS) is 14.5. The van der Waals surface area contributed by atoms with Gasteiger partial charge in [-0.2, -0.15) is 0 Å². The van der Waals surface area contributed by atoms with Crippen molar-refractivity contribution < 1.29 is 14.7 Å². The van der Waals surface area contributed by atoms with Crippen LogP contribution < -0.4 is 5.32 Å². The molecule has 0 fully saturated rings. The maximum absolute atomic E-state index is 13.1. The first-order valence-electron chi connectivity index (χ1n) is 12.1. The van der Waals surface area contributed by atoms with E-state index in [1.165, 1.54) is 11.1 Å². The van der Waals surface area contributed by atoms with Crippen molar-refractivity contribution in [3.8, 4) is 11.3 Å². The van der Waals surface area contributed by atoms with Crippen LogP contribution >= 0.6 is 11.6 Å². The van der Waals surface area contributed by atoms with Gasteiger partial charge in [0.05, 0.1) is 28.5 Å². The second kappa shape index (κ2) is 10.5. The summed E-state index contributed by atoms with van der Waals surface area (Å²) in [5, 5.41) is 12.8. The fraction of sp³-hybridized carbons (Fsp3) is 0.241. The van der Waals surface area contributed by atoms with E-state index in [0.29, 0.717) is 40.9 Å². The van der Waals surface area contributed by atoms with Gasteiger partial charge in [-0.3, -0.25) is 9.59 Å². The molecule has 0 bridgehead atoms. The van der Waals surface area contributed by atoms with Crippen LogP contribution in [0.1, 0.15) is 58.9 Å². The number of benzene rings is 3. The predicted molar refractivity (Wildman–Crippen MR) is 140 cm³/mol. The van der Waals surface area contributed by atoms with E-state index in [0.717, 1.165) is 29.8 Å². The fourth-order valence-electron chi connectivity index (χ4n) is 4.76. The number of amides is 1. The lowest BCUT2D eigenvalue weighted by Crippen LogP contribution is -2.27. The van der Waals surface area contributed by atoms with Gasteiger partial charge in [0.25, 0.3) is 5.91 Å². The van der Waals surface area contributed by atoms with Crippen molar-refractivity contribution >= 4 is 34.5 Å². The smallest absolute Gasteiger partial charge is 0.303 e. The third kappa shape index (κ3) is 5.24. The Labute approximate surface area is 214 Å². The van der Waals surface area contributed by atoms with Crippen LogP contribution in [0.15, 0.2) is 66.7 Å². The molecule has 0 unspecified atom stereocenters.